The first-order valence-corrected chi connectivity index (χ1v) is 6.54. The molecule has 2 N–H and O–H groups in total. The van der Waals surface area contributed by atoms with Gasteiger partial charge in [-0.15, -0.1) is 0 Å². The van der Waals surface area contributed by atoms with E-state index in [4.69, 9.17) is 10.5 Å². The molecule has 100 valence electrons. The Morgan fingerprint density at radius 1 is 1.37 bits per heavy atom. The summed E-state index contributed by atoms with van der Waals surface area (Å²) in [6.07, 6.45) is 1.04. The zero-order chi connectivity index (χ0) is 13.4. The van der Waals surface area contributed by atoms with Crippen LogP contribution in [0.3, 0.4) is 0 Å². The van der Waals surface area contributed by atoms with Crippen LogP contribution in [-0.4, -0.2) is 21.9 Å². The lowest BCUT2D eigenvalue weighted by molar-refractivity contribution is 0.323. The molecule has 3 rings (SSSR count). The number of hydrogen-bond donors (Lipinski definition) is 1. The van der Waals surface area contributed by atoms with Gasteiger partial charge in [0, 0.05) is 6.54 Å². The van der Waals surface area contributed by atoms with Gasteiger partial charge < -0.3 is 10.5 Å². The number of nitrogens with zero attached hydrogens (tertiary/aromatic N) is 3. The number of fused-ring (bicyclic) bond motifs is 1. The monoisotopic (exact) mass is 258 g/mol. The van der Waals surface area contributed by atoms with E-state index in [0.717, 1.165) is 30.1 Å². The number of nitrogens with two attached hydrogens (primary N) is 1. The first-order valence-electron chi connectivity index (χ1n) is 6.54. The Hall–Kier alpha value is -1.88. The van der Waals surface area contributed by atoms with E-state index < -0.39 is 0 Å². The highest BCUT2D eigenvalue weighted by atomic mass is 16.5. The maximum Gasteiger partial charge on any atom is 0.185 e. The Morgan fingerprint density at radius 3 is 2.95 bits per heavy atom. The summed E-state index contributed by atoms with van der Waals surface area (Å²) in [7, 11) is 1.66. The van der Waals surface area contributed by atoms with E-state index >= 15 is 0 Å². The summed E-state index contributed by atoms with van der Waals surface area (Å²) >= 11 is 0. The molecule has 5 nitrogen and oxygen atoms in total. The number of aryl methyl sites for hydroxylation is 1. The fraction of sp³-hybridized carbons (Fsp3) is 0.429. The summed E-state index contributed by atoms with van der Waals surface area (Å²) < 4.78 is 7.28. The number of methoxy groups -OCH3 is 1. The van der Waals surface area contributed by atoms with Gasteiger partial charge in [-0.25, -0.2) is 9.67 Å². The van der Waals surface area contributed by atoms with Crippen LogP contribution >= 0.6 is 0 Å². The highest BCUT2D eigenvalue weighted by Crippen LogP contribution is 2.31. The minimum Gasteiger partial charge on any atom is -0.496 e. The number of aromatic nitrogens is 3. The molecule has 0 fully saturated rings. The van der Waals surface area contributed by atoms with Crippen molar-refractivity contribution < 1.29 is 4.74 Å². The second-order valence-corrected chi connectivity index (χ2v) is 5.01. The second-order valence-electron chi connectivity index (χ2n) is 5.01. The molecule has 2 aromatic rings. The minimum atomic E-state index is -0.0373. The molecule has 2 heterocycles. The Labute approximate surface area is 112 Å². The van der Waals surface area contributed by atoms with Crippen molar-refractivity contribution in [3.63, 3.8) is 0 Å². The van der Waals surface area contributed by atoms with Gasteiger partial charge in [0.1, 0.15) is 11.6 Å². The molecule has 0 bridgehead atoms. The van der Waals surface area contributed by atoms with E-state index in [1.54, 1.807) is 7.11 Å². The van der Waals surface area contributed by atoms with Crippen LogP contribution in [0.2, 0.25) is 0 Å². The van der Waals surface area contributed by atoms with Gasteiger partial charge in [0.25, 0.3) is 0 Å². The summed E-state index contributed by atoms with van der Waals surface area (Å²) in [4.78, 5) is 4.61. The van der Waals surface area contributed by atoms with Gasteiger partial charge in [0.2, 0.25) is 0 Å². The Bertz CT molecular complexity index is 593. The highest BCUT2D eigenvalue weighted by molar-refractivity contribution is 5.63. The zero-order valence-electron chi connectivity index (χ0n) is 11.2. The Balaban J connectivity index is 2.06. The fourth-order valence-electron chi connectivity index (χ4n) is 2.47. The van der Waals surface area contributed by atoms with E-state index in [1.807, 2.05) is 28.9 Å². The van der Waals surface area contributed by atoms with E-state index in [2.05, 4.69) is 17.0 Å². The van der Waals surface area contributed by atoms with Crippen LogP contribution in [-0.2, 0) is 6.54 Å². The van der Waals surface area contributed by atoms with Crippen LogP contribution in [0.25, 0.3) is 11.4 Å². The predicted molar refractivity (Wildman–Crippen MR) is 72.7 cm³/mol. The van der Waals surface area contributed by atoms with E-state index in [9.17, 15) is 0 Å². The van der Waals surface area contributed by atoms with Gasteiger partial charge in [-0.05, 0) is 24.5 Å². The molecule has 1 aromatic heterocycles. The van der Waals surface area contributed by atoms with Gasteiger partial charge in [0.15, 0.2) is 5.82 Å². The lowest BCUT2D eigenvalue weighted by Gasteiger charge is -2.24. The van der Waals surface area contributed by atoms with Crippen molar-refractivity contribution in [2.75, 3.05) is 7.11 Å². The number of benzene rings is 1. The first kappa shape index (κ1) is 12.2. The van der Waals surface area contributed by atoms with Crippen LogP contribution in [0, 0.1) is 5.92 Å². The largest absolute Gasteiger partial charge is 0.496 e. The third kappa shape index (κ3) is 2.00. The molecule has 1 aliphatic heterocycles. The molecule has 0 saturated heterocycles. The number of para-hydroxylation sites is 1. The molecule has 0 amide bonds. The summed E-state index contributed by atoms with van der Waals surface area (Å²) in [5.41, 5.74) is 7.11. The average molecular weight is 258 g/mol. The highest BCUT2D eigenvalue weighted by Gasteiger charge is 2.27. The topological polar surface area (TPSA) is 66.0 Å². The molecular weight excluding hydrogens is 240 g/mol. The van der Waals surface area contributed by atoms with Crippen LogP contribution in [0.4, 0.5) is 0 Å². The van der Waals surface area contributed by atoms with Crippen molar-refractivity contribution in [1.29, 1.82) is 0 Å². The lowest BCUT2D eigenvalue weighted by Crippen LogP contribution is -2.29. The smallest absolute Gasteiger partial charge is 0.185 e. The maximum atomic E-state index is 6.20. The number of hydrogen-bond acceptors (Lipinski definition) is 4. The molecule has 5 heteroatoms. The van der Waals surface area contributed by atoms with Crippen molar-refractivity contribution >= 4 is 0 Å². The van der Waals surface area contributed by atoms with Crippen LogP contribution < -0.4 is 10.5 Å². The van der Waals surface area contributed by atoms with Crippen LogP contribution in [0.15, 0.2) is 24.3 Å². The van der Waals surface area contributed by atoms with Gasteiger partial charge in [0.05, 0.1) is 18.7 Å². The Kier molecular flexibility index (Phi) is 2.98. The molecule has 19 heavy (non-hydrogen) atoms. The third-order valence-corrected chi connectivity index (χ3v) is 3.76. The standard InChI is InChI=1S/C14H18N4O/c1-9-7-8-18-14(12(9)15)16-13(17-18)10-5-3-4-6-11(10)19-2/h3-6,9,12H,7-8,15H2,1-2H3. The average Bonchev–Trinajstić information content (AvgIpc) is 2.87. The SMILES string of the molecule is COc1ccccc1-c1nc2n(n1)CCC(C)C2N. The molecule has 1 aromatic carbocycles. The predicted octanol–water partition coefficient (Wildman–Crippen LogP) is 1.99. The summed E-state index contributed by atoms with van der Waals surface area (Å²) in [6, 6.07) is 7.74. The molecule has 0 radical (unpaired) electrons. The summed E-state index contributed by atoms with van der Waals surface area (Å²) in [6.45, 7) is 3.04. The zero-order valence-corrected chi connectivity index (χ0v) is 11.2. The van der Waals surface area contributed by atoms with Crippen molar-refractivity contribution in [3.05, 3.63) is 30.1 Å². The van der Waals surface area contributed by atoms with E-state index in [0.29, 0.717) is 11.7 Å². The quantitative estimate of drug-likeness (QED) is 0.894. The van der Waals surface area contributed by atoms with Gasteiger partial charge >= 0.3 is 0 Å². The molecular formula is C14H18N4O. The van der Waals surface area contributed by atoms with Gasteiger partial charge in [-0.1, -0.05) is 19.1 Å². The van der Waals surface area contributed by atoms with Crippen LogP contribution in [0.5, 0.6) is 5.75 Å². The maximum absolute atomic E-state index is 6.20. The minimum absolute atomic E-state index is 0.0373. The van der Waals surface area contributed by atoms with Crippen molar-refractivity contribution in [2.45, 2.75) is 25.9 Å². The molecule has 0 saturated carbocycles. The van der Waals surface area contributed by atoms with Gasteiger partial charge in [-0.2, -0.15) is 5.10 Å². The molecule has 0 aliphatic carbocycles. The molecule has 2 atom stereocenters. The summed E-state index contributed by atoms with van der Waals surface area (Å²) in [5, 5.41) is 4.56. The fourth-order valence-corrected chi connectivity index (χ4v) is 2.47. The summed E-state index contributed by atoms with van der Waals surface area (Å²) in [5.74, 6) is 2.80. The third-order valence-electron chi connectivity index (χ3n) is 3.76. The second kappa shape index (κ2) is 4.66. The first-order chi connectivity index (χ1) is 9.20. The number of ether oxygens (including phenoxy) is 1. The normalized spacial score (nSPS) is 22.1. The molecule has 2 unspecified atom stereocenters. The van der Waals surface area contributed by atoms with E-state index in [1.165, 1.54) is 0 Å². The van der Waals surface area contributed by atoms with Crippen molar-refractivity contribution in [1.82, 2.24) is 14.8 Å². The Morgan fingerprint density at radius 2 is 2.16 bits per heavy atom. The number of rotatable bonds is 2. The molecule has 1 aliphatic rings. The molecule has 0 spiro atoms. The van der Waals surface area contributed by atoms with Gasteiger partial charge in [-0.3, -0.25) is 0 Å². The van der Waals surface area contributed by atoms with Crippen LogP contribution in [0.1, 0.15) is 25.2 Å². The lowest BCUT2D eigenvalue weighted by atomic mass is 9.95. The van der Waals surface area contributed by atoms with Crippen molar-refractivity contribution in [3.8, 4) is 17.1 Å². The van der Waals surface area contributed by atoms with Crippen molar-refractivity contribution in [2.24, 2.45) is 11.7 Å². The van der Waals surface area contributed by atoms with E-state index in [-0.39, 0.29) is 6.04 Å².